The molecule has 2 aromatic heterocycles. The number of fused-ring (bicyclic) bond motifs is 1. The van der Waals surface area contributed by atoms with E-state index in [9.17, 15) is 4.79 Å². The molecule has 1 aromatic carbocycles. The van der Waals surface area contributed by atoms with E-state index >= 15 is 0 Å². The summed E-state index contributed by atoms with van der Waals surface area (Å²) in [6, 6.07) is 10.3. The molecule has 0 fully saturated rings. The standard InChI is InChI=1S/C23H30N4O/c1-15(2)13-14-24-21(28)12-11-20-16(3)25-23-22(19-9-7-6-8-10-19)17(4)26-27(23)18(20)5/h6-10,15H,11-14H2,1-5H3,(H,24,28). The normalized spacial score (nSPS) is 11.4. The maximum absolute atomic E-state index is 12.2. The molecule has 1 N–H and O–H groups in total. The molecule has 2 heterocycles. The van der Waals surface area contributed by atoms with Gasteiger partial charge in [-0.25, -0.2) is 9.50 Å². The van der Waals surface area contributed by atoms with Gasteiger partial charge < -0.3 is 5.32 Å². The summed E-state index contributed by atoms with van der Waals surface area (Å²) in [5, 5.41) is 7.75. The van der Waals surface area contributed by atoms with Crippen LogP contribution in [0.2, 0.25) is 0 Å². The van der Waals surface area contributed by atoms with Gasteiger partial charge in [0.05, 0.1) is 5.69 Å². The van der Waals surface area contributed by atoms with Crippen LogP contribution in [0.15, 0.2) is 30.3 Å². The molecule has 1 amide bonds. The Morgan fingerprint density at radius 1 is 1.11 bits per heavy atom. The number of hydrogen-bond acceptors (Lipinski definition) is 3. The van der Waals surface area contributed by atoms with E-state index in [1.807, 2.05) is 36.6 Å². The molecule has 0 spiro atoms. The first kappa shape index (κ1) is 20.1. The van der Waals surface area contributed by atoms with Gasteiger partial charge in [0.25, 0.3) is 0 Å². The Hall–Kier alpha value is -2.69. The van der Waals surface area contributed by atoms with E-state index in [4.69, 9.17) is 10.1 Å². The first-order chi connectivity index (χ1) is 13.4. The molecule has 0 aliphatic rings. The third-order valence-corrected chi connectivity index (χ3v) is 5.21. The van der Waals surface area contributed by atoms with Gasteiger partial charge in [0.1, 0.15) is 0 Å². The highest BCUT2D eigenvalue weighted by atomic mass is 16.1. The van der Waals surface area contributed by atoms with Gasteiger partial charge in [0.15, 0.2) is 5.65 Å². The van der Waals surface area contributed by atoms with E-state index in [1.165, 1.54) is 0 Å². The van der Waals surface area contributed by atoms with Crippen molar-refractivity contribution in [2.24, 2.45) is 5.92 Å². The highest BCUT2D eigenvalue weighted by molar-refractivity contribution is 5.80. The summed E-state index contributed by atoms with van der Waals surface area (Å²) in [6.45, 7) is 11.2. The lowest BCUT2D eigenvalue weighted by Crippen LogP contribution is -2.25. The molecule has 0 saturated heterocycles. The van der Waals surface area contributed by atoms with Crippen LogP contribution in [-0.2, 0) is 11.2 Å². The largest absolute Gasteiger partial charge is 0.356 e. The molecule has 0 bridgehead atoms. The lowest BCUT2D eigenvalue weighted by Gasteiger charge is -2.12. The highest BCUT2D eigenvalue weighted by Crippen LogP contribution is 2.29. The van der Waals surface area contributed by atoms with Crippen molar-refractivity contribution in [3.05, 3.63) is 53.0 Å². The second kappa shape index (κ2) is 8.55. The summed E-state index contributed by atoms with van der Waals surface area (Å²) in [5.74, 6) is 0.694. The predicted octanol–water partition coefficient (Wildman–Crippen LogP) is 4.42. The number of aryl methyl sites for hydroxylation is 3. The molecule has 0 aliphatic heterocycles. The summed E-state index contributed by atoms with van der Waals surface area (Å²) in [4.78, 5) is 17.0. The number of carbonyl (C=O) groups excluding carboxylic acids is 1. The molecule has 148 valence electrons. The minimum absolute atomic E-state index is 0.0983. The Bertz CT molecular complexity index is 973. The predicted molar refractivity (Wildman–Crippen MR) is 113 cm³/mol. The van der Waals surface area contributed by atoms with Crippen molar-refractivity contribution >= 4 is 11.6 Å². The van der Waals surface area contributed by atoms with Crippen LogP contribution in [0, 0.1) is 26.7 Å². The van der Waals surface area contributed by atoms with Crippen molar-refractivity contribution in [1.82, 2.24) is 19.9 Å². The minimum Gasteiger partial charge on any atom is -0.356 e. The Kier molecular flexibility index (Phi) is 6.12. The van der Waals surface area contributed by atoms with Crippen LogP contribution in [0.3, 0.4) is 0 Å². The molecule has 3 aromatic rings. The molecular weight excluding hydrogens is 348 g/mol. The number of nitrogens with one attached hydrogen (secondary N) is 1. The first-order valence-corrected chi connectivity index (χ1v) is 10.1. The molecule has 0 atom stereocenters. The summed E-state index contributed by atoms with van der Waals surface area (Å²) in [6.07, 6.45) is 2.15. The molecule has 5 nitrogen and oxygen atoms in total. The van der Waals surface area contributed by atoms with Crippen LogP contribution in [0.25, 0.3) is 16.8 Å². The molecule has 3 rings (SSSR count). The van der Waals surface area contributed by atoms with Gasteiger partial charge in [-0.15, -0.1) is 0 Å². The van der Waals surface area contributed by atoms with Crippen molar-refractivity contribution in [1.29, 1.82) is 0 Å². The van der Waals surface area contributed by atoms with E-state index in [1.54, 1.807) is 0 Å². The number of rotatable bonds is 7. The van der Waals surface area contributed by atoms with Crippen molar-refractivity contribution in [3.8, 4) is 11.1 Å². The molecule has 0 radical (unpaired) electrons. The number of hydrogen-bond donors (Lipinski definition) is 1. The second-order valence-electron chi connectivity index (χ2n) is 7.86. The van der Waals surface area contributed by atoms with Gasteiger partial charge in [0.2, 0.25) is 5.91 Å². The van der Waals surface area contributed by atoms with Crippen LogP contribution in [-0.4, -0.2) is 27.0 Å². The average Bonchev–Trinajstić information content (AvgIpc) is 2.98. The number of aromatic nitrogens is 3. The number of amides is 1. The summed E-state index contributed by atoms with van der Waals surface area (Å²) in [5.41, 5.74) is 7.17. The fraction of sp³-hybridized carbons (Fsp3) is 0.435. The zero-order valence-corrected chi connectivity index (χ0v) is 17.5. The number of carbonyl (C=O) groups is 1. The van der Waals surface area contributed by atoms with Gasteiger partial charge in [-0.3, -0.25) is 4.79 Å². The monoisotopic (exact) mass is 378 g/mol. The second-order valence-corrected chi connectivity index (χ2v) is 7.86. The van der Waals surface area contributed by atoms with Crippen LogP contribution in [0.4, 0.5) is 0 Å². The lowest BCUT2D eigenvalue weighted by atomic mass is 10.0. The van der Waals surface area contributed by atoms with Crippen LogP contribution in [0.1, 0.15) is 49.3 Å². The lowest BCUT2D eigenvalue weighted by molar-refractivity contribution is -0.121. The van der Waals surface area contributed by atoms with E-state index < -0.39 is 0 Å². The Balaban J connectivity index is 1.85. The number of nitrogens with zero attached hydrogens (tertiary/aromatic N) is 3. The van der Waals surface area contributed by atoms with Gasteiger partial charge in [-0.2, -0.15) is 5.10 Å². The third-order valence-electron chi connectivity index (χ3n) is 5.21. The van der Waals surface area contributed by atoms with E-state index in [0.29, 0.717) is 18.8 Å². The maximum atomic E-state index is 12.2. The molecule has 0 saturated carbocycles. The average molecular weight is 379 g/mol. The van der Waals surface area contributed by atoms with Gasteiger partial charge in [-0.1, -0.05) is 44.2 Å². The Morgan fingerprint density at radius 3 is 2.50 bits per heavy atom. The third kappa shape index (κ3) is 4.24. The van der Waals surface area contributed by atoms with Crippen LogP contribution >= 0.6 is 0 Å². The van der Waals surface area contributed by atoms with E-state index in [-0.39, 0.29) is 5.91 Å². The molecular formula is C23H30N4O. The van der Waals surface area contributed by atoms with Crippen molar-refractivity contribution in [2.75, 3.05) is 6.54 Å². The Morgan fingerprint density at radius 2 is 1.82 bits per heavy atom. The van der Waals surface area contributed by atoms with Crippen molar-refractivity contribution in [2.45, 2.75) is 53.9 Å². The quantitative estimate of drug-likeness (QED) is 0.662. The first-order valence-electron chi connectivity index (χ1n) is 10.1. The topological polar surface area (TPSA) is 59.3 Å². The molecule has 5 heteroatoms. The fourth-order valence-electron chi connectivity index (χ4n) is 3.60. The smallest absolute Gasteiger partial charge is 0.220 e. The van der Waals surface area contributed by atoms with Gasteiger partial charge in [-0.05, 0) is 50.7 Å². The fourth-order valence-corrected chi connectivity index (χ4v) is 3.60. The van der Waals surface area contributed by atoms with Crippen molar-refractivity contribution < 1.29 is 4.79 Å². The van der Waals surface area contributed by atoms with Crippen LogP contribution < -0.4 is 5.32 Å². The Labute approximate surface area is 167 Å². The SMILES string of the molecule is Cc1nc2c(-c3ccccc3)c(C)nn2c(C)c1CCC(=O)NCCC(C)C. The molecule has 0 aliphatic carbocycles. The van der Waals surface area contributed by atoms with Crippen molar-refractivity contribution in [3.63, 3.8) is 0 Å². The zero-order valence-electron chi connectivity index (χ0n) is 17.5. The van der Waals surface area contributed by atoms with E-state index in [2.05, 4.69) is 38.2 Å². The van der Waals surface area contributed by atoms with E-state index in [0.717, 1.165) is 52.4 Å². The summed E-state index contributed by atoms with van der Waals surface area (Å²) in [7, 11) is 0. The maximum Gasteiger partial charge on any atom is 0.220 e. The summed E-state index contributed by atoms with van der Waals surface area (Å²) >= 11 is 0. The zero-order chi connectivity index (χ0) is 20.3. The molecule has 28 heavy (non-hydrogen) atoms. The minimum atomic E-state index is 0.0983. The van der Waals surface area contributed by atoms with Gasteiger partial charge >= 0.3 is 0 Å². The summed E-state index contributed by atoms with van der Waals surface area (Å²) < 4.78 is 1.93. The molecule has 0 unspecified atom stereocenters. The number of benzene rings is 1. The highest BCUT2D eigenvalue weighted by Gasteiger charge is 2.18. The van der Waals surface area contributed by atoms with Crippen LogP contribution in [0.5, 0.6) is 0 Å². The van der Waals surface area contributed by atoms with Gasteiger partial charge in [0, 0.05) is 29.9 Å².